The molecule has 3 aromatic rings. The van der Waals surface area contributed by atoms with Crippen LogP contribution in [0.15, 0.2) is 70.3 Å². The summed E-state index contributed by atoms with van der Waals surface area (Å²) in [6, 6.07) is 19.4. The maximum atomic E-state index is 12.4. The van der Waals surface area contributed by atoms with Gasteiger partial charge in [-0.3, -0.25) is 14.3 Å². The summed E-state index contributed by atoms with van der Waals surface area (Å²) in [6.07, 6.45) is 0.786. The first-order valence-electron chi connectivity index (χ1n) is 9.19. The molecule has 0 fully saturated rings. The third-order valence-corrected chi connectivity index (χ3v) is 4.99. The van der Waals surface area contributed by atoms with Crippen molar-refractivity contribution in [2.24, 2.45) is 0 Å². The smallest absolute Gasteiger partial charge is 0.330 e. The van der Waals surface area contributed by atoms with Gasteiger partial charge < -0.3 is 16.0 Å². The Morgan fingerprint density at radius 1 is 1.07 bits per heavy atom. The molecule has 0 aliphatic rings. The zero-order valence-electron chi connectivity index (χ0n) is 16.1. The molecule has 8 heteroatoms. The first kappa shape index (κ1) is 20.3. The first-order valence-corrected chi connectivity index (χ1v) is 9.60. The van der Waals surface area contributed by atoms with Crippen LogP contribution in [0.5, 0.6) is 0 Å². The number of aromatic amines is 1. The highest BCUT2D eigenvalue weighted by atomic mass is 32.1. The van der Waals surface area contributed by atoms with Gasteiger partial charge in [-0.2, -0.15) is 0 Å². The van der Waals surface area contributed by atoms with E-state index in [-0.39, 0.29) is 18.1 Å². The monoisotopic (exact) mass is 409 g/mol. The number of anilines is 2. The van der Waals surface area contributed by atoms with Crippen LogP contribution < -0.4 is 27.2 Å². The van der Waals surface area contributed by atoms with Crippen LogP contribution in [0.25, 0.3) is 0 Å². The minimum absolute atomic E-state index is 0.0670. The normalized spacial score (nSPS) is 10.5. The Hall–Kier alpha value is -3.39. The van der Waals surface area contributed by atoms with E-state index < -0.39 is 11.2 Å². The van der Waals surface area contributed by atoms with E-state index in [2.05, 4.69) is 10.3 Å². The van der Waals surface area contributed by atoms with Crippen molar-refractivity contribution >= 4 is 28.8 Å². The maximum absolute atomic E-state index is 12.4. The van der Waals surface area contributed by atoms with E-state index in [1.807, 2.05) is 60.7 Å². The molecular weight excluding hydrogens is 386 g/mol. The summed E-state index contributed by atoms with van der Waals surface area (Å²) in [5.74, 6) is 0.0670. The van der Waals surface area contributed by atoms with Gasteiger partial charge in [-0.05, 0) is 29.8 Å². The quantitative estimate of drug-likeness (QED) is 0.537. The lowest BCUT2D eigenvalue weighted by atomic mass is 10.1. The number of hydrogen-bond donors (Lipinski definition) is 3. The Morgan fingerprint density at radius 3 is 2.28 bits per heavy atom. The van der Waals surface area contributed by atoms with Crippen molar-refractivity contribution in [1.82, 2.24) is 14.9 Å². The number of nitrogens with two attached hydrogens (primary N) is 1. The lowest BCUT2D eigenvalue weighted by Gasteiger charge is -2.23. The first-order chi connectivity index (χ1) is 14.0. The van der Waals surface area contributed by atoms with Crippen LogP contribution in [0.4, 0.5) is 11.5 Å². The highest BCUT2D eigenvalue weighted by molar-refractivity contribution is 7.80. The number of nitrogens with zero attached hydrogens (tertiary/aromatic N) is 2. The van der Waals surface area contributed by atoms with E-state index in [1.165, 1.54) is 15.0 Å². The molecule has 0 aliphatic carbocycles. The van der Waals surface area contributed by atoms with Gasteiger partial charge in [0.2, 0.25) is 0 Å². The fraction of sp³-hybridized carbons (Fsp3) is 0.190. The number of nitrogen functional groups attached to an aromatic ring is 1. The molecule has 3 rings (SSSR count). The molecule has 0 spiro atoms. The summed E-state index contributed by atoms with van der Waals surface area (Å²) in [7, 11) is 1.65. The van der Waals surface area contributed by atoms with E-state index in [9.17, 15) is 9.59 Å². The maximum Gasteiger partial charge on any atom is 0.330 e. The molecule has 7 nitrogen and oxygen atoms in total. The number of hydrogen-bond acceptors (Lipinski definition) is 4. The molecule has 1 heterocycles. The summed E-state index contributed by atoms with van der Waals surface area (Å²) in [6.45, 7) is 0.853. The molecule has 2 aromatic carbocycles. The fourth-order valence-electron chi connectivity index (χ4n) is 3.00. The van der Waals surface area contributed by atoms with Crippen LogP contribution in [-0.4, -0.2) is 28.3 Å². The van der Waals surface area contributed by atoms with E-state index in [4.69, 9.17) is 18.0 Å². The number of rotatable bonds is 6. The number of benzene rings is 2. The second kappa shape index (κ2) is 9.20. The Morgan fingerprint density at radius 2 is 1.66 bits per heavy atom. The average Bonchev–Trinajstić information content (AvgIpc) is 2.72. The van der Waals surface area contributed by atoms with E-state index >= 15 is 0 Å². The van der Waals surface area contributed by atoms with Gasteiger partial charge in [-0.25, -0.2) is 4.79 Å². The molecule has 1 aromatic heterocycles. The van der Waals surface area contributed by atoms with Gasteiger partial charge in [0, 0.05) is 13.6 Å². The van der Waals surface area contributed by atoms with Gasteiger partial charge in [-0.15, -0.1) is 0 Å². The summed E-state index contributed by atoms with van der Waals surface area (Å²) >= 11 is 5.42. The Labute approximate surface area is 173 Å². The molecule has 0 aliphatic heterocycles. The van der Waals surface area contributed by atoms with Crippen molar-refractivity contribution in [3.63, 3.8) is 0 Å². The van der Waals surface area contributed by atoms with E-state index in [1.54, 1.807) is 7.05 Å². The topological polar surface area (TPSA) is 96.2 Å². The van der Waals surface area contributed by atoms with Crippen molar-refractivity contribution < 1.29 is 0 Å². The van der Waals surface area contributed by atoms with Gasteiger partial charge in [0.25, 0.3) is 5.56 Å². The van der Waals surface area contributed by atoms with Gasteiger partial charge >= 0.3 is 5.69 Å². The lowest BCUT2D eigenvalue weighted by Crippen LogP contribution is -2.43. The van der Waals surface area contributed by atoms with Crippen LogP contribution >= 0.6 is 12.2 Å². The molecule has 0 bridgehead atoms. The lowest BCUT2D eigenvalue weighted by molar-refractivity contribution is 0.731. The molecule has 0 saturated heterocycles. The summed E-state index contributed by atoms with van der Waals surface area (Å²) in [4.78, 5) is 28.6. The molecule has 4 N–H and O–H groups in total. The molecule has 0 unspecified atom stereocenters. The predicted molar refractivity (Wildman–Crippen MR) is 120 cm³/mol. The van der Waals surface area contributed by atoms with Crippen LogP contribution in [0.3, 0.4) is 0 Å². The number of H-pyrrole nitrogens is 1. The molecule has 0 saturated carbocycles. The van der Waals surface area contributed by atoms with Gasteiger partial charge in [0.05, 0.1) is 6.54 Å². The molecule has 150 valence electrons. The summed E-state index contributed by atoms with van der Waals surface area (Å²) in [5, 5.41) is 3.48. The van der Waals surface area contributed by atoms with Crippen molar-refractivity contribution in [2.75, 3.05) is 24.2 Å². The molecule has 0 amide bonds. The Balaban J connectivity index is 1.78. The molecule has 29 heavy (non-hydrogen) atoms. The number of nitrogens with one attached hydrogen (secondary N) is 2. The zero-order valence-corrected chi connectivity index (χ0v) is 16.9. The van der Waals surface area contributed by atoms with Crippen molar-refractivity contribution in [3.05, 3.63) is 92.6 Å². The third kappa shape index (κ3) is 4.91. The van der Waals surface area contributed by atoms with Gasteiger partial charge in [-0.1, -0.05) is 60.7 Å². The van der Waals surface area contributed by atoms with Gasteiger partial charge in [0.15, 0.2) is 5.11 Å². The zero-order chi connectivity index (χ0) is 20.8. The minimum atomic E-state index is -0.577. The predicted octanol–water partition coefficient (Wildman–Crippen LogP) is 1.72. The van der Waals surface area contributed by atoms with Crippen molar-refractivity contribution in [2.45, 2.75) is 13.0 Å². The molecule has 0 radical (unpaired) electrons. The fourth-order valence-corrected chi connectivity index (χ4v) is 3.20. The second-order valence-electron chi connectivity index (χ2n) is 6.59. The largest absolute Gasteiger partial charge is 0.383 e. The molecular formula is C21H23N5O2S. The minimum Gasteiger partial charge on any atom is -0.383 e. The van der Waals surface area contributed by atoms with Crippen molar-refractivity contribution in [1.29, 1.82) is 0 Å². The van der Waals surface area contributed by atoms with Crippen LogP contribution in [-0.2, 0) is 13.0 Å². The SMILES string of the molecule is CN(C(=S)NCCc1ccccc1)c1c(N)n(Cc2ccccc2)c(=O)[nH]c1=O. The van der Waals surface area contributed by atoms with Crippen LogP contribution in [0.1, 0.15) is 11.1 Å². The Bertz CT molecular complexity index is 1090. The highest BCUT2D eigenvalue weighted by Gasteiger charge is 2.19. The standard InChI is InChI=1S/C21H23N5O2S/c1-25(21(29)23-13-12-15-8-4-2-5-9-15)17-18(22)26(20(28)24-19(17)27)14-16-10-6-3-7-11-16/h2-11H,12-14,22H2,1H3,(H,23,29)(H,24,27,28). The Kier molecular flexibility index (Phi) is 6.46. The average molecular weight is 410 g/mol. The van der Waals surface area contributed by atoms with Crippen LogP contribution in [0.2, 0.25) is 0 Å². The molecule has 0 atom stereocenters. The van der Waals surface area contributed by atoms with E-state index in [0.717, 1.165) is 12.0 Å². The highest BCUT2D eigenvalue weighted by Crippen LogP contribution is 2.16. The third-order valence-electron chi connectivity index (χ3n) is 4.57. The number of aromatic nitrogens is 2. The number of thiocarbonyl (C=S) groups is 1. The van der Waals surface area contributed by atoms with Crippen LogP contribution in [0, 0.1) is 0 Å². The van der Waals surface area contributed by atoms with E-state index in [0.29, 0.717) is 11.7 Å². The second-order valence-corrected chi connectivity index (χ2v) is 6.98. The summed E-state index contributed by atoms with van der Waals surface area (Å²) < 4.78 is 1.33. The summed E-state index contributed by atoms with van der Waals surface area (Å²) in [5.41, 5.74) is 7.28. The van der Waals surface area contributed by atoms with Crippen molar-refractivity contribution in [3.8, 4) is 0 Å². The van der Waals surface area contributed by atoms with Gasteiger partial charge in [0.1, 0.15) is 11.5 Å².